The van der Waals surface area contributed by atoms with Crippen LogP contribution < -0.4 is 5.32 Å². The minimum absolute atomic E-state index is 0.0154. The van der Waals surface area contributed by atoms with Gasteiger partial charge in [0.05, 0.1) is 25.2 Å². The lowest BCUT2D eigenvalue weighted by molar-refractivity contribution is -0.253. The van der Waals surface area contributed by atoms with Crippen LogP contribution in [0.15, 0.2) is 48.5 Å². The van der Waals surface area contributed by atoms with Crippen LogP contribution in [0.3, 0.4) is 0 Å². The zero-order valence-electron chi connectivity index (χ0n) is 20.6. The van der Waals surface area contributed by atoms with Crippen LogP contribution >= 0.6 is 0 Å². The molecule has 8 nitrogen and oxygen atoms in total. The number of amides is 1. The Labute approximate surface area is 212 Å². The number of hydrogen-bond acceptors (Lipinski definition) is 6. The molecule has 2 heterocycles. The number of carbonyl (C=O) groups is 2. The van der Waals surface area contributed by atoms with Gasteiger partial charge in [-0.05, 0) is 42.6 Å². The van der Waals surface area contributed by atoms with Crippen molar-refractivity contribution in [2.24, 2.45) is 0 Å². The van der Waals surface area contributed by atoms with E-state index >= 15 is 0 Å². The molecule has 36 heavy (non-hydrogen) atoms. The molecule has 4 rings (SSSR count). The van der Waals surface area contributed by atoms with Gasteiger partial charge in [0.1, 0.15) is 0 Å². The van der Waals surface area contributed by atoms with Crippen molar-refractivity contribution in [3.05, 3.63) is 70.8 Å². The highest BCUT2D eigenvalue weighted by atomic mass is 16.7. The minimum atomic E-state index is -0.983. The maximum Gasteiger partial charge on any atom is 0.303 e. The van der Waals surface area contributed by atoms with Crippen molar-refractivity contribution in [1.29, 1.82) is 0 Å². The Balaban J connectivity index is 1.42. The number of nitrogens with one attached hydrogen (secondary N) is 1. The molecule has 8 heteroatoms. The number of aliphatic carboxylic acids is 1. The number of hydrogen-bond donors (Lipinski definition) is 3. The average molecular weight is 497 g/mol. The zero-order valence-corrected chi connectivity index (χ0v) is 20.6. The molecule has 0 radical (unpaired) electrons. The summed E-state index contributed by atoms with van der Waals surface area (Å²) >= 11 is 0. The number of piperidine rings is 1. The van der Waals surface area contributed by atoms with E-state index in [1.165, 1.54) is 19.3 Å². The molecular weight excluding hydrogens is 460 g/mol. The van der Waals surface area contributed by atoms with Crippen LogP contribution in [0.1, 0.15) is 73.2 Å². The number of carbonyl (C=O) groups excluding carboxylic acids is 1. The highest BCUT2D eigenvalue weighted by molar-refractivity contribution is 5.80. The van der Waals surface area contributed by atoms with Gasteiger partial charge in [0.2, 0.25) is 5.91 Å². The molecule has 0 saturated carbocycles. The van der Waals surface area contributed by atoms with Crippen molar-refractivity contribution in [1.82, 2.24) is 10.2 Å². The Morgan fingerprint density at radius 2 is 1.56 bits per heavy atom. The maximum absolute atomic E-state index is 11.8. The van der Waals surface area contributed by atoms with Crippen LogP contribution in [0.2, 0.25) is 0 Å². The summed E-state index contributed by atoms with van der Waals surface area (Å²) < 4.78 is 12.9. The molecule has 3 atom stereocenters. The van der Waals surface area contributed by atoms with Gasteiger partial charge in [-0.15, -0.1) is 0 Å². The molecule has 2 aliphatic rings. The molecule has 0 spiro atoms. The summed E-state index contributed by atoms with van der Waals surface area (Å²) in [5.41, 5.74) is 3.78. The zero-order chi connectivity index (χ0) is 25.3. The number of nitrogens with zero attached hydrogens (tertiary/aromatic N) is 1. The van der Waals surface area contributed by atoms with Crippen LogP contribution in [0.4, 0.5) is 0 Å². The van der Waals surface area contributed by atoms with Crippen LogP contribution in [0.25, 0.3) is 0 Å². The topological polar surface area (TPSA) is 108 Å². The molecule has 0 aromatic heterocycles. The Bertz CT molecular complexity index is 988. The van der Waals surface area contributed by atoms with Gasteiger partial charge in [-0.1, -0.05) is 55.0 Å². The van der Waals surface area contributed by atoms with Crippen molar-refractivity contribution >= 4 is 11.9 Å². The van der Waals surface area contributed by atoms with Gasteiger partial charge in [-0.25, -0.2) is 0 Å². The SMILES string of the molecule is O=C(O)CCC(=O)NCc1ccc([C@@H]2O[C@H](CN3CCCCC3)C[C@H](c3ccc(CO)cc3)O2)cc1. The normalized spacial score (nSPS) is 22.8. The molecule has 1 amide bonds. The largest absolute Gasteiger partial charge is 0.481 e. The number of aliphatic hydroxyl groups excluding tert-OH is 1. The van der Waals surface area contributed by atoms with E-state index in [4.69, 9.17) is 14.6 Å². The van der Waals surface area contributed by atoms with Gasteiger partial charge < -0.3 is 29.9 Å². The Kier molecular flexibility index (Phi) is 9.47. The second-order valence-corrected chi connectivity index (χ2v) is 9.62. The van der Waals surface area contributed by atoms with Crippen molar-refractivity contribution in [3.63, 3.8) is 0 Å². The number of likely N-dealkylation sites (tertiary alicyclic amines) is 1. The third kappa shape index (κ3) is 7.61. The first kappa shape index (κ1) is 26.3. The number of carboxylic acids is 1. The van der Waals surface area contributed by atoms with Crippen LogP contribution in [-0.2, 0) is 32.2 Å². The first-order valence-corrected chi connectivity index (χ1v) is 12.8. The van der Waals surface area contributed by atoms with Crippen LogP contribution in [0, 0.1) is 0 Å². The molecule has 2 fully saturated rings. The fourth-order valence-corrected chi connectivity index (χ4v) is 4.77. The molecule has 2 aliphatic heterocycles. The second kappa shape index (κ2) is 13.0. The fraction of sp³-hybridized carbons (Fsp3) is 0.500. The Morgan fingerprint density at radius 3 is 2.22 bits per heavy atom. The molecule has 2 aromatic rings. The van der Waals surface area contributed by atoms with Gasteiger partial charge in [-0.2, -0.15) is 0 Å². The summed E-state index contributed by atoms with van der Waals surface area (Å²) in [5, 5.41) is 20.9. The van der Waals surface area contributed by atoms with Crippen LogP contribution in [-0.4, -0.2) is 52.7 Å². The molecule has 0 bridgehead atoms. The predicted octanol–water partition coefficient (Wildman–Crippen LogP) is 3.69. The lowest BCUT2D eigenvalue weighted by Gasteiger charge is -2.39. The quantitative estimate of drug-likeness (QED) is 0.460. The minimum Gasteiger partial charge on any atom is -0.481 e. The van der Waals surface area contributed by atoms with E-state index in [2.05, 4.69) is 10.2 Å². The molecule has 3 N–H and O–H groups in total. The van der Waals surface area contributed by atoms with Crippen molar-refractivity contribution < 1.29 is 29.3 Å². The molecule has 194 valence electrons. The van der Waals surface area contributed by atoms with Gasteiger partial charge in [-0.3, -0.25) is 9.59 Å². The van der Waals surface area contributed by atoms with E-state index in [-0.39, 0.29) is 37.6 Å². The highest BCUT2D eigenvalue weighted by Gasteiger charge is 2.33. The van der Waals surface area contributed by atoms with Gasteiger partial charge in [0.15, 0.2) is 6.29 Å². The number of carboxylic acid groups (broad SMARTS) is 1. The monoisotopic (exact) mass is 496 g/mol. The lowest BCUT2D eigenvalue weighted by Crippen LogP contribution is -2.41. The second-order valence-electron chi connectivity index (χ2n) is 9.62. The first-order valence-electron chi connectivity index (χ1n) is 12.8. The molecule has 0 aliphatic carbocycles. The molecule has 2 aromatic carbocycles. The fourth-order valence-electron chi connectivity index (χ4n) is 4.77. The van der Waals surface area contributed by atoms with Crippen molar-refractivity contribution in [3.8, 4) is 0 Å². The first-order chi connectivity index (χ1) is 17.5. The summed E-state index contributed by atoms with van der Waals surface area (Å²) in [4.78, 5) is 24.9. The number of ether oxygens (including phenoxy) is 2. The van der Waals surface area contributed by atoms with Crippen molar-refractivity contribution in [2.45, 2.75) is 70.2 Å². The van der Waals surface area contributed by atoms with E-state index < -0.39 is 12.3 Å². The van der Waals surface area contributed by atoms with Gasteiger partial charge in [0, 0.05) is 31.5 Å². The van der Waals surface area contributed by atoms with E-state index in [1.54, 1.807) is 0 Å². The van der Waals surface area contributed by atoms with E-state index in [0.29, 0.717) is 6.54 Å². The number of aliphatic hydroxyl groups is 1. The highest BCUT2D eigenvalue weighted by Crippen LogP contribution is 2.38. The van der Waals surface area contributed by atoms with Gasteiger partial charge >= 0.3 is 5.97 Å². The van der Waals surface area contributed by atoms with Gasteiger partial charge in [0.25, 0.3) is 0 Å². The molecule has 2 saturated heterocycles. The lowest BCUT2D eigenvalue weighted by atomic mass is 9.99. The van der Waals surface area contributed by atoms with Crippen LogP contribution in [0.5, 0.6) is 0 Å². The maximum atomic E-state index is 11.8. The molecular formula is C28H36N2O6. The third-order valence-electron chi connectivity index (χ3n) is 6.83. The van der Waals surface area contributed by atoms with Crippen molar-refractivity contribution in [2.75, 3.05) is 19.6 Å². The van der Waals surface area contributed by atoms with E-state index in [0.717, 1.165) is 48.3 Å². The summed E-state index contributed by atoms with van der Waals surface area (Å²) in [5.74, 6) is -1.26. The predicted molar refractivity (Wildman–Crippen MR) is 134 cm³/mol. The third-order valence-corrected chi connectivity index (χ3v) is 6.83. The number of benzene rings is 2. The number of rotatable bonds is 10. The van der Waals surface area contributed by atoms with E-state index in [9.17, 15) is 14.7 Å². The standard InChI is InChI=1S/C28H36N2O6/c31-19-21-6-8-22(9-7-21)25-16-24(18-30-14-2-1-3-15-30)35-28(36-25)23-10-4-20(5-11-23)17-29-26(32)12-13-27(33)34/h4-11,24-25,28,31H,1-3,12-19H2,(H,29,32)(H,33,34)/t24-,25+,28+/m0/s1. The summed E-state index contributed by atoms with van der Waals surface area (Å²) in [7, 11) is 0. The summed E-state index contributed by atoms with van der Waals surface area (Å²) in [6.45, 7) is 3.44. The Morgan fingerprint density at radius 1 is 0.889 bits per heavy atom. The smallest absolute Gasteiger partial charge is 0.303 e. The summed E-state index contributed by atoms with van der Waals surface area (Å²) in [6.07, 6.45) is 3.73. The van der Waals surface area contributed by atoms with E-state index in [1.807, 2.05) is 48.5 Å². The summed E-state index contributed by atoms with van der Waals surface area (Å²) in [6, 6.07) is 15.7. The average Bonchev–Trinajstić information content (AvgIpc) is 2.91. The molecule has 0 unspecified atom stereocenters. The Hall–Kier alpha value is -2.78.